The number of anilines is 1. The molecule has 0 aliphatic rings. The monoisotopic (exact) mass is 435 g/mol. The number of rotatable bonds is 7. The summed E-state index contributed by atoms with van der Waals surface area (Å²) < 4.78 is 52.9. The highest BCUT2D eigenvalue weighted by Crippen LogP contribution is 2.40. The van der Waals surface area contributed by atoms with E-state index in [2.05, 4.69) is 18.8 Å². The van der Waals surface area contributed by atoms with Crippen LogP contribution >= 0.6 is 0 Å². The smallest absolute Gasteiger partial charge is 0.416 e. The minimum absolute atomic E-state index is 0.287. The van der Waals surface area contributed by atoms with Gasteiger partial charge >= 0.3 is 12.2 Å². The molecule has 8 heteroatoms. The number of aromatic nitrogens is 2. The van der Waals surface area contributed by atoms with E-state index >= 15 is 0 Å². The quantitative estimate of drug-likeness (QED) is 0.433. The Balaban J connectivity index is 2.15. The first-order valence-electron chi connectivity index (χ1n) is 10.2. The molecule has 1 aromatic heterocycles. The van der Waals surface area contributed by atoms with Crippen molar-refractivity contribution in [3.8, 4) is 17.5 Å². The van der Waals surface area contributed by atoms with Crippen LogP contribution in [0.25, 0.3) is 11.0 Å². The molecule has 3 rings (SSSR count). The largest absolute Gasteiger partial charge is 0.494 e. The number of hydrogen-bond acceptors (Lipinski definition) is 4. The van der Waals surface area contributed by atoms with Gasteiger partial charge in [0.2, 0.25) is 0 Å². The van der Waals surface area contributed by atoms with Crippen molar-refractivity contribution in [2.45, 2.75) is 38.8 Å². The molecule has 0 aliphatic heterocycles. The van der Waals surface area contributed by atoms with Gasteiger partial charge in [-0.15, -0.1) is 0 Å². The first-order chi connectivity index (χ1) is 14.6. The van der Waals surface area contributed by atoms with Gasteiger partial charge in [0.05, 0.1) is 23.9 Å². The number of ether oxygens (including phenoxy) is 2. The zero-order chi connectivity index (χ0) is 22.9. The van der Waals surface area contributed by atoms with Crippen molar-refractivity contribution in [3.05, 3.63) is 41.5 Å². The lowest BCUT2D eigenvalue weighted by Crippen LogP contribution is -2.13. The van der Waals surface area contributed by atoms with Gasteiger partial charge in [-0.2, -0.15) is 18.2 Å². The molecule has 2 aromatic carbocycles. The Morgan fingerprint density at radius 1 is 1.06 bits per heavy atom. The number of alkyl halides is 3. The molecule has 0 aliphatic carbocycles. The molecule has 0 fully saturated rings. The molecule has 0 bridgehead atoms. The van der Waals surface area contributed by atoms with Crippen LogP contribution in [0, 0.1) is 0 Å². The maximum atomic E-state index is 13.2. The van der Waals surface area contributed by atoms with Crippen molar-refractivity contribution in [2.24, 2.45) is 7.05 Å². The zero-order valence-electron chi connectivity index (χ0n) is 18.7. The summed E-state index contributed by atoms with van der Waals surface area (Å²) in [7, 11) is 6.77. The third-order valence-corrected chi connectivity index (χ3v) is 5.59. The number of nitrogens with zero attached hydrogens (tertiary/aromatic N) is 3. The topological polar surface area (TPSA) is 39.5 Å². The normalized spacial score (nSPS) is 11.9. The Hall–Kier alpha value is -2.90. The molecule has 3 aromatic rings. The fraction of sp³-hybridized carbons (Fsp3) is 0.435. The summed E-state index contributed by atoms with van der Waals surface area (Å²) in [5.74, 6) is 1.26. The van der Waals surface area contributed by atoms with Crippen molar-refractivity contribution < 1.29 is 22.6 Å². The van der Waals surface area contributed by atoms with Gasteiger partial charge in [-0.1, -0.05) is 19.9 Å². The van der Waals surface area contributed by atoms with Crippen LogP contribution in [0.2, 0.25) is 0 Å². The second-order valence-electron chi connectivity index (χ2n) is 7.70. The van der Waals surface area contributed by atoms with Crippen molar-refractivity contribution >= 4 is 16.7 Å². The van der Waals surface area contributed by atoms with Gasteiger partial charge in [-0.25, -0.2) is 0 Å². The minimum atomic E-state index is -4.43. The molecule has 0 radical (unpaired) electrons. The number of imidazole rings is 1. The number of methoxy groups -OCH3 is 1. The molecule has 0 saturated heterocycles. The molecule has 31 heavy (non-hydrogen) atoms. The SMILES string of the molecule is CCC(CC)c1ccc(OC)c2nc(Oc3ccc(C(F)(F)F)cc3N(C)C)n(C)c12. The highest BCUT2D eigenvalue weighted by Gasteiger charge is 2.32. The van der Waals surface area contributed by atoms with Crippen LogP contribution in [-0.4, -0.2) is 30.8 Å². The number of fused-ring (bicyclic) bond motifs is 1. The van der Waals surface area contributed by atoms with E-state index in [1.807, 2.05) is 23.7 Å². The van der Waals surface area contributed by atoms with E-state index in [9.17, 15) is 13.2 Å². The Kier molecular flexibility index (Phi) is 6.38. The number of benzene rings is 2. The summed E-state index contributed by atoms with van der Waals surface area (Å²) in [5.41, 5.74) is 2.30. The Labute approximate surface area is 180 Å². The summed E-state index contributed by atoms with van der Waals surface area (Å²) in [6.07, 6.45) is -2.48. The van der Waals surface area contributed by atoms with Gasteiger partial charge in [0.25, 0.3) is 0 Å². The first kappa shape index (κ1) is 22.8. The number of hydrogen-bond donors (Lipinski definition) is 0. The van der Waals surface area contributed by atoms with Gasteiger partial charge in [0.15, 0.2) is 5.75 Å². The van der Waals surface area contributed by atoms with E-state index < -0.39 is 11.7 Å². The maximum absolute atomic E-state index is 13.2. The fourth-order valence-corrected chi connectivity index (χ4v) is 3.85. The van der Waals surface area contributed by atoms with E-state index in [0.717, 1.165) is 36.1 Å². The van der Waals surface area contributed by atoms with Crippen LogP contribution < -0.4 is 14.4 Å². The lowest BCUT2D eigenvalue weighted by molar-refractivity contribution is -0.137. The van der Waals surface area contributed by atoms with Crippen molar-refractivity contribution in [1.29, 1.82) is 0 Å². The second-order valence-corrected chi connectivity index (χ2v) is 7.70. The van der Waals surface area contributed by atoms with Crippen LogP contribution in [0.4, 0.5) is 18.9 Å². The lowest BCUT2D eigenvalue weighted by atomic mass is 9.92. The van der Waals surface area contributed by atoms with Crippen molar-refractivity contribution in [3.63, 3.8) is 0 Å². The lowest BCUT2D eigenvalue weighted by Gasteiger charge is -2.19. The molecule has 0 saturated carbocycles. The third kappa shape index (κ3) is 4.29. The number of aryl methyl sites for hydroxylation is 1. The van der Waals surface area contributed by atoms with Crippen molar-refractivity contribution in [2.75, 3.05) is 26.1 Å². The first-order valence-corrected chi connectivity index (χ1v) is 10.2. The standard InChI is InChI=1S/C23H28F3N3O2/c1-7-14(8-2)16-10-12-19(30-6)20-21(16)29(5)22(27-20)31-18-11-9-15(23(24,25)26)13-17(18)28(3)4/h9-14H,7-8H2,1-6H3. The molecule has 0 N–H and O–H groups in total. The van der Waals surface area contributed by atoms with E-state index in [1.54, 1.807) is 26.1 Å². The molecule has 0 amide bonds. The van der Waals surface area contributed by atoms with Gasteiger partial charge in [0.1, 0.15) is 11.3 Å². The molecular formula is C23H28F3N3O2. The van der Waals surface area contributed by atoms with E-state index in [-0.39, 0.29) is 6.01 Å². The average Bonchev–Trinajstić information content (AvgIpc) is 3.04. The van der Waals surface area contributed by atoms with Gasteiger partial charge < -0.3 is 14.4 Å². The van der Waals surface area contributed by atoms with Crippen LogP contribution in [0.3, 0.4) is 0 Å². The number of halogens is 3. The zero-order valence-corrected chi connectivity index (χ0v) is 18.7. The Morgan fingerprint density at radius 3 is 2.26 bits per heavy atom. The highest BCUT2D eigenvalue weighted by molar-refractivity contribution is 5.87. The van der Waals surface area contributed by atoms with Crippen molar-refractivity contribution in [1.82, 2.24) is 9.55 Å². The van der Waals surface area contributed by atoms with E-state index in [1.165, 1.54) is 6.07 Å². The third-order valence-electron chi connectivity index (χ3n) is 5.59. The van der Waals surface area contributed by atoms with Crippen LogP contribution in [-0.2, 0) is 13.2 Å². The molecule has 168 valence electrons. The van der Waals surface area contributed by atoms with E-state index in [4.69, 9.17) is 9.47 Å². The summed E-state index contributed by atoms with van der Waals surface area (Å²) in [6.45, 7) is 4.28. The summed E-state index contributed by atoms with van der Waals surface area (Å²) in [4.78, 5) is 6.22. The summed E-state index contributed by atoms with van der Waals surface area (Å²) in [5, 5.41) is 0. The highest BCUT2D eigenvalue weighted by atomic mass is 19.4. The predicted octanol–water partition coefficient (Wildman–Crippen LogP) is 6.36. The maximum Gasteiger partial charge on any atom is 0.416 e. The van der Waals surface area contributed by atoms with Gasteiger partial charge in [0, 0.05) is 21.1 Å². The molecule has 1 heterocycles. The average molecular weight is 435 g/mol. The Bertz CT molecular complexity index is 1070. The molecule has 0 atom stereocenters. The molecule has 0 spiro atoms. The summed E-state index contributed by atoms with van der Waals surface area (Å²) >= 11 is 0. The van der Waals surface area contributed by atoms with Crippen LogP contribution in [0.1, 0.15) is 43.7 Å². The van der Waals surface area contributed by atoms with Crippen LogP contribution in [0.5, 0.6) is 17.5 Å². The molecule has 5 nitrogen and oxygen atoms in total. The molecular weight excluding hydrogens is 407 g/mol. The van der Waals surface area contributed by atoms with Gasteiger partial charge in [-0.05, 0) is 48.6 Å². The van der Waals surface area contributed by atoms with E-state index in [0.29, 0.717) is 28.6 Å². The summed E-state index contributed by atoms with van der Waals surface area (Å²) in [6, 6.07) is 7.66. The van der Waals surface area contributed by atoms with Crippen LogP contribution in [0.15, 0.2) is 30.3 Å². The fourth-order valence-electron chi connectivity index (χ4n) is 3.85. The Morgan fingerprint density at radius 2 is 1.71 bits per heavy atom. The van der Waals surface area contributed by atoms with Gasteiger partial charge in [-0.3, -0.25) is 4.57 Å². The second kappa shape index (κ2) is 8.69. The molecule has 0 unspecified atom stereocenters. The minimum Gasteiger partial charge on any atom is -0.494 e. The predicted molar refractivity (Wildman–Crippen MR) is 116 cm³/mol.